The van der Waals surface area contributed by atoms with Gasteiger partial charge in [-0.1, -0.05) is 58.8 Å². The molecule has 19 heavy (non-hydrogen) atoms. The molecule has 0 bridgehead atoms. The minimum absolute atomic E-state index is 0. The van der Waals surface area contributed by atoms with Crippen molar-refractivity contribution in [2.45, 2.75) is 83.0 Å². The molecular formula is C13H27NaO4S. The fourth-order valence-electron chi connectivity index (χ4n) is 2.14. The molecule has 0 saturated carbocycles. The van der Waals surface area contributed by atoms with Crippen LogP contribution in [0.2, 0.25) is 0 Å². The van der Waals surface area contributed by atoms with Crippen molar-refractivity contribution in [2.75, 3.05) is 0 Å². The van der Waals surface area contributed by atoms with Gasteiger partial charge in [-0.2, -0.15) is 0 Å². The van der Waals surface area contributed by atoms with Crippen LogP contribution in [0.25, 0.3) is 0 Å². The molecule has 0 aromatic carbocycles. The van der Waals surface area contributed by atoms with Gasteiger partial charge >= 0.3 is 29.6 Å². The summed E-state index contributed by atoms with van der Waals surface area (Å²) in [5.74, 6) is 0. The smallest absolute Gasteiger partial charge is 0.748 e. The predicted octanol–water partition coefficient (Wildman–Crippen LogP) is -0.184. The second kappa shape index (κ2) is 12.6. The summed E-state index contributed by atoms with van der Waals surface area (Å²) in [7, 11) is -4.38. The van der Waals surface area contributed by atoms with E-state index in [1.807, 2.05) is 6.92 Å². The Bertz CT molecular complexity index is 293. The zero-order valence-electron chi connectivity index (χ0n) is 12.6. The number of aliphatic hydroxyl groups is 1. The monoisotopic (exact) mass is 302 g/mol. The summed E-state index contributed by atoms with van der Waals surface area (Å²) < 4.78 is 33.3. The molecule has 0 fully saturated rings. The number of rotatable bonds is 11. The van der Waals surface area contributed by atoms with Crippen molar-refractivity contribution in [1.29, 1.82) is 0 Å². The van der Waals surface area contributed by atoms with Gasteiger partial charge in [0.25, 0.3) is 0 Å². The molecule has 2 unspecified atom stereocenters. The van der Waals surface area contributed by atoms with Crippen LogP contribution in [0.4, 0.5) is 0 Å². The van der Waals surface area contributed by atoms with Crippen molar-refractivity contribution in [3.05, 3.63) is 0 Å². The van der Waals surface area contributed by atoms with E-state index in [2.05, 4.69) is 6.92 Å². The summed E-state index contributed by atoms with van der Waals surface area (Å²) in [5, 5.41) is 8.58. The van der Waals surface area contributed by atoms with Gasteiger partial charge in [0.15, 0.2) is 0 Å². The maximum Gasteiger partial charge on any atom is 1.00 e. The number of hydrogen-bond donors (Lipinski definition) is 1. The summed E-state index contributed by atoms with van der Waals surface area (Å²) in [6.45, 7) is 4.00. The van der Waals surface area contributed by atoms with E-state index in [9.17, 15) is 18.1 Å². The van der Waals surface area contributed by atoms with Crippen LogP contribution in [0.5, 0.6) is 0 Å². The third-order valence-corrected chi connectivity index (χ3v) is 4.52. The summed E-state index contributed by atoms with van der Waals surface area (Å²) >= 11 is 0. The molecule has 0 radical (unpaired) electrons. The van der Waals surface area contributed by atoms with Crippen LogP contribution < -0.4 is 29.6 Å². The van der Waals surface area contributed by atoms with Crippen molar-refractivity contribution < 1.29 is 47.6 Å². The maximum absolute atomic E-state index is 11.1. The summed E-state index contributed by atoms with van der Waals surface area (Å²) in [6, 6.07) is 0. The van der Waals surface area contributed by atoms with Crippen molar-refractivity contribution >= 4 is 10.1 Å². The van der Waals surface area contributed by atoms with Gasteiger partial charge < -0.3 is 9.66 Å². The molecule has 0 saturated heterocycles. The first-order valence-electron chi connectivity index (χ1n) is 7.06. The molecule has 0 aromatic rings. The third-order valence-electron chi connectivity index (χ3n) is 3.23. The molecule has 6 heteroatoms. The third kappa shape index (κ3) is 11.2. The molecular weight excluding hydrogens is 275 g/mol. The van der Waals surface area contributed by atoms with Crippen LogP contribution in [0.3, 0.4) is 0 Å². The first kappa shape index (κ1) is 22.2. The average Bonchev–Trinajstić information content (AvgIpc) is 2.26. The van der Waals surface area contributed by atoms with Crippen molar-refractivity contribution in [3.8, 4) is 0 Å². The predicted molar refractivity (Wildman–Crippen MR) is 72.4 cm³/mol. The van der Waals surface area contributed by atoms with Gasteiger partial charge in [0, 0.05) is 0 Å². The molecule has 0 amide bonds. The van der Waals surface area contributed by atoms with Crippen LogP contribution in [0.1, 0.15) is 71.6 Å². The Morgan fingerprint density at radius 2 is 1.47 bits per heavy atom. The first-order valence-corrected chi connectivity index (χ1v) is 8.53. The van der Waals surface area contributed by atoms with Gasteiger partial charge in [0.2, 0.25) is 0 Å². The Hall–Kier alpha value is 0.870. The Labute approximate surface area is 140 Å². The zero-order chi connectivity index (χ0) is 14.0. The molecule has 110 valence electrons. The van der Waals surface area contributed by atoms with E-state index < -0.39 is 21.5 Å². The normalized spacial score (nSPS) is 14.7. The quantitative estimate of drug-likeness (QED) is 0.326. The van der Waals surface area contributed by atoms with Crippen LogP contribution in [0.15, 0.2) is 0 Å². The van der Waals surface area contributed by atoms with E-state index in [1.165, 1.54) is 12.8 Å². The van der Waals surface area contributed by atoms with Crippen LogP contribution in [-0.4, -0.2) is 29.4 Å². The molecule has 0 heterocycles. The van der Waals surface area contributed by atoms with E-state index in [-0.39, 0.29) is 29.6 Å². The van der Waals surface area contributed by atoms with Crippen molar-refractivity contribution in [1.82, 2.24) is 0 Å². The average molecular weight is 302 g/mol. The maximum atomic E-state index is 11.1. The number of unbranched alkanes of at least 4 members (excludes halogenated alkanes) is 5. The first-order chi connectivity index (χ1) is 8.43. The second-order valence-corrected chi connectivity index (χ2v) is 6.53. The fourth-order valence-corrected chi connectivity index (χ4v) is 3.11. The van der Waals surface area contributed by atoms with E-state index in [1.54, 1.807) is 0 Å². The van der Waals surface area contributed by atoms with Gasteiger partial charge in [-0.15, -0.1) is 0 Å². The Morgan fingerprint density at radius 1 is 0.947 bits per heavy atom. The van der Waals surface area contributed by atoms with E-state index in [0.29, 0.717) is 25.7 Å². The van der Waals surface area contributed by atoms with Crippen LogP contribution in [0, 0.1) is 0 Å². The van der Waals surface area contributed by atoms with E-state index in [0.717, 1.165) is 19.3 Å². The number of hydrogen-bond acceptors (Lipinski definition) is 4. The molecule has 0 aliphatic rings. The molecule has 2 atom stereocenters. The Morgan fingerprint density at radius 3 is 1.95 bits per heavy atom. The van der Waals surface area contributed by atoms with Gasteiger partial charge in [-0.3, -0.25) is 0 Å². The van der Waals surface area contributed by atoms with E-state index >= 15 is 0 Å². The van der Waals surface area contributed by atoms with Crippen molar-refractivity contribution in [3.63, 3.8) is 0 Å². The molecule has 1 N–H and O–H groups in total. The topological polar surface area (TPSA) is 77.4 Å². The van der Waals surface area contributed by atoms with Gasteiger partial charge in [0.05, 0.1) is 11.4 Å². The summed E-state index contributed by atoms with van der Waals surface area (Å²) in [4.78, 5) is 0. The Kier molecular flexibility index (Phi) is 14.7. The van der Waals surface area contributed by atoms with Gasteiger partial charge in [0.1, 0.15) is 10.1 Å². The summed E-state index contributed by atoms with van der Waals surface area (Å²) in [6.07, 6.45) is 6.58. The largest absolute Gasteiger partial charge is 1.00 e. The summed E-state index contributed by atoms with van der Waals surface area (Å²) in [5.41, 5.74) is 0. The standard InChI is InChI=1S/C13H28O4S.Na/c1-3-5-6-7-8-9-11-13(18(15,16)17)12(14)10-4-2;/h12-14H,3-11H2,1-2H3,(H,15,16,17);/q;+1/p-1. The van der Waals surface area contributed by atoms with Gasteiger partial charge in [-0.05, 0) is 12.8 Å². The van der Waals surface area contributed by atoms with Crippen molar-refractivity contribution in [2.24, 2.45) is 0 Å². The zero-order valence-corrected chi connectivity index (χ0v) is 15.4. The van der Waals surface area contributed by atoms with Gasteiger partial charge in [-0.25, -0.2) is 8.42 Å². The molecule has 0 spiro atoms. The minimum atomic E-state index is -4.38. The SMILES string of the molecule is CCCCCCCCC(C(O)CCC)S(=O)(=O)[O-].[Na+]. The Balaban J connectivity index is 0. The number of aliphatic hydroxyl groups excluding tert-OH is 1. The molecule has 0 rings (SSSR count). The molecule has 0 aromatic heterocycles. The van der Waals surface area contributed by atoms with Crippen LogP contribution in [-0.2, 0) is 10.1 Å². The second-order valence-electron chi connectivity index (χ2n) is 4.94. The fraction of sp³-hybridized carbons (Fsp3) is 1.00. The van der Waals surface area contributed by atoms with E-state index in [4.69, 9.17) is 0 Å². The van der Waals surface area contributed by atoms with Crippen LogP contribution >= 0.6 is 0 Å². The molecule has 0 aliphatic carbocycles. The molecule has 4 nitrogen and oxygen atoms in total. The minimum Gasteiger partial charge on any atom is -0.748 e. The molecule has 0 aliphatic heterocycles.